The molecule has 0 aliphatic carbocycles. The quantitative estimate of drug-likeness (QED) is 0.677. The van der Waals surface area contributed by atoms with E-state index < -0.39 is 23.7 Å². The van der Waals surface area contributed by atoms with E-state index in [2.05, 4.69) is 15.7 Å². The summed E-state index contributed by atoms with van der Waals surface area (Å²) in [6.07, 6.45) is 0. The van der Waals surface area contributed by atoms with Gasteiger partial charge in [-0.15, -0.1) is 0 Å². The smallest absolute Gasteiger partial charge is 0.251 e. The molecule has 2 atom stereocenters. The molecule has 8 heteroatoms. The Morgan fingerprint density at radius 1 is 1.19 bits per heavy atom. The maximum Gasteiger partial charge on any atom is 0.251 e. The molecule has 0 saturated heterocycles. The van der Waals surface area contributed by atoms with Gasteiger partial charge in [0.25, 0.3) is 5.91 Å². The number of carbonyl (C=O) groups is 2. The van der Waals surface area contributed by atoms with Gasteiger partial charge in [0, 0.05) is 24.1 Å². The fourth-order valence-electron chi connectivity index (χ4n) is 4.02. The van der Waals surface area contributed by atoms with E-state index >= 15 is 0 Å². The lowest BCUT2D eigenvalue weighted by molar-refractivity contribution is -0.118. The predicted octanol–water partition coefficient (Wildman–Crippen LogP) is 3.07. The first kappa shape index (κ1) is 20.6. The van der Waals surface area contributed by atoms with Gasteiger partial charge in [0.15, 0.2) is 11.6 Å². The van der Waals surface area contributed by atoms with Crippen LogP contribution in [0.2, 0.25) is 0 Å². The lowest BCUT2D eigenvalue weighted by Crippen LogP contribution is -2.50. The highest BCUT2D eigenvalue weighted by atomic mass is 19.1. The molecule has 1 aromatic heterocycles. The molecular weight excluding hydrogens is 399 g/mol. The average molecular weight is 422 g/mol. The van der Waals surface area contributed by atoms with E-state index in [1.165, 1.54) is 19.2 Å². The van der Waals surface area contributed by atoms with E-state index in [1.54, 1.807) is 29.9 Å². The van der Waals surface area contributed by atoms with Crippen molar-refractivity contribution in [1.29, 1.82) is 0 Å². The normalized spacial score (nSPS) is 17.6. The molecule has 2 N–H and O–H groups in total. The second-order valence-corrected chi connectivity index (χ2v) is 7.65. The Morgan fingerprint density at radius 3 is 2.55 bits per heavy atom. The number of rotatable bonds is 4. The highest BCUT2D eigenvalue weighted by Gasteiger charge is 2.41. The third-order valence-electron chi connectivity index (χ3n) is 5.57. The number of amides is 2. The zero-order chi connectivity index (χ0) is 22.3. The van der Waals surface area contributed by atoms with Crippen LogP contribution in [0.3, 0.4) is 0 Å². The van der Waals surface area contributed by atoms with E-state index in [0.29, 0.717) is 22.6 Å². The third-order valence-corrected chi connectivity index (χ3v) is 5.57. The fourth-order valence-corrected chi connectivity index (χ4v) is 4.02. The van der Waals surface area contributed by atoms with Crippen LogP contribution < -0.4 is 15.4 Å². The van der Waals surface area contributed by atoms with Gasteiger partial charge in [-0.1, -0.05) is 23.8 Å². The molecule has 4 rings (SSSR count). The van der Waals surface area contributed by atoms with Crippen LogP contribution in [0.5, 0.6) is 5.75 Å². The van der Waals surface area contributed by atoms with Crippen molar-refractivity contribution in [3.63, 3.8) is 0 Å². The van der Waals surface area contributed by atoms with Crippen LogP contribution in [0, 0.1) is 19.7 Å². The number of benzene rings is 2. The van der Waals surface area contributed by atoms with Crippen LogP contribution >= 0.6 is 0 Å². The Bertz CT molecular complexity index is 1170. The van der Waals surface area contributed by atoms with Gasteiger partial charge in [-0.05, 0) is 43.7 Å². The molecule has 1 aliphatic rings. The number of aromatic nitrogens is 2. The van der Waals surface area contributed by atoms with Crippen molar-refractivity contribution >= 4 is 17.6 Å². The van der Waals surface area contributed by atoms with Crippen LogP contribution in [-0.4, -0.2) is 34.7 Å². The lowest BCUT2D eigenvalue weighted by Gasteiger charge is -2.32. The number of hydrogen-bond donors (Lipinski definition) is 2. The minimum absolute atomic E-state index is 0.104. The van der Waals surface area contributed by atoms with Crippen LogP contribution in [0.15, 0.2) is 42.5 Å². The Labute approximate surface area is 179 Å². The highest BCUT2D eigenvalue weighted by molar-refractivity contribution is 6.03. The minimum Gasteiger partial charge on any atom is -0.494 e. The Kier molecular flexibility index (Phi) is 5.22. The Balaban J connectivity index is 1.79. The minimum atomic E-state index is -0.947. The number of hydrogen-bond acceptors (Lipinski definition) is 4. The first-order valence-electron chi connectivity index (χ1n) is 9.85. The number of ether oxygens (including phenoxy) is 1. The second kappa shape index (κ2) is 7.86. The van der Waals surface area contributed by atoms with E-state index in [0.717, 1.165) is 11.1 Å². The van der Waals surface area contributed by atoms with Gasteiger partial charge < -0.3 is 15.4 Å². The molecule has 160 valence electrons. The number of halogens is 1. The van der Waals surface area contributed by atoms with E-state index in [1.807, 2.05) is 26.0 Å². The maximum atomic E-state index is 14.5. The summed E-state index contributed by atoms with van der Waals surface area (Å²) >= 11 is 0. The summed E-state index contributed by atoms with van der Waals surface area (Å²) in [5, 5.41) is 10.1. The Morgan fingerprint density at radius 2 is 1.90 bits per heavy atom. The molecule has 0 fully saturated rings. The molecule has 2 aromatic carbocycles. The van der Waals surface area contributed by atoms with E-state index in [9.17, 15) is 14.0 Å². The maximum absolute atomic E-state index is 14.5. The lowest BCUT2D eigenvalue weighted by atomic mass is 9.81. The SMILES string of the molecule is COc1ccc([C@@H]2c3c(C)nn(C)c3NC(=O)[C@H]2NC(=O)c2ccc(C)cc2)cc1F. The fraction of sp³-hybridized carbons (Fsp3) is 0.261. The van der Waals surface area contributed by atoms with Gasteiger partial charge in [0.05, 0.1) is 12.8 Å². The number of fused-ring (bicyclic) bond motifs is 1. The standard InChI is InChI=1S/C23H23FN4O3/c1-12-5-7-14(8-6-12)22(29)25-20-19(15-9-10-17(31-4)16(24)11-15)18-13(2)27-28(3)21(18)26-23(20)30/h5-11,19-20H,1-4H3,(H,25,29)(H,26,30)/t19-,20+/m1/s1. The number of methoxy groups -OCH3 is 1. The van der Waals surface area contributed by atoms with Crippen molar-refractivity contribution in [2.45, 2.75) is 25.8 Å². The second-order valence-electron chi connectivity index (χ2n) is 7.65. The molecule has 2 amide bonds. The predicted molar refractivity (Wildman–Crippen MR) is 114 cm³/mol. The first-order valence-corrected chi connectivity index (χ1v) is 9.85. The van der Waals surface area contributed by atoms with Crippen molar-refractivity contribution in [2.24, 2.45) is 7.05 Å². The summed E-state index contributed by atoms with van der Waals surface area (Å²) in [5.74, 6) is -1.30. The van der Waals surface area contributed by atoms with Gasteiger partial charge in [0.1, 0.15) is 11.9 Å². The molecule has 0 unspecified atom stereocenters. The van der Waals surface area contributed by atoms with Crippen molar-refractivity contribution < 1.29 is 18.7 Å². The first-order chi connectivity index (χ1) is 14.8. The van der Waals surface area contributed by atoms with Crippen molar-refractivity contribution in [3.8, 4) is 5.75 Å². The molecule has 1 aliphatic heterocycles. The van der Waals surface area contributed by atoms with E-state index in [4.69, 9.17) is 4.74 Å². The van der Waals surface area contributed by atoms with Crippen molar-refractivity contribution in [1.82, 2.24) is 15.1 Å². The monoisotopic (exact) mass is 422 g/mol. The van der Waals surface area contributed by atoms with Crippen LogP contribution in [0.25, 0.3) is 0 Å². The van der Waals surface area contributed by atoms with Gasteiger partial charge in [0.2, 0.25) is 5.91 Å². The highest BCUT2D eigenvalue weighted by Crippen LogP contribution is 2.40. The van der Waals surface area contributed by atoms with Crippen molar-refractivity contribution in [2.75, 3.05) is 12.4 Å². The van der Waals surface area contributed by atoms with Gasteiger partial charge in [-0.3, -0.25) is 14.3 Å². The molecule has 3 aromatic rings. The third kappa shape index (κ3) is 3.65. The number of anilines is 1. The number of carbonyl (C=O) groups excluding carboxylic acids is 2. The molecule has 7 nitrogen and oxygen atoms in total. The zero-order valence-electron chi connectivity index (χ0n) is 17.7. The molecule has 2 heterocycles. The Hall–Kier alpha value is -3.68. The summed E-state index contributed by atoms with van der Waals surface area (Å²) in [7, 11) is 3.11. The summed E-state index contributed by atoms with van der Waals surface area (Å²) in [5.41, 5.74) is 3.43. The molecule has 0 saturated carbocycles. The molecule has 31 heavy (non-hydrogen) atoms. The number of nitrogens with one attached hydrogen (secondary N) is 2. The summed E-state index contributed by atoms with van der Waals surface area (Å²) < 4.78 is 21.1. The molecule has 0 bridgehead atoms. The van der Waals surface area contributed by atoms with Crippen molar-refractivity contribution in [3.05, 3.63) is 76.2 Å². The summed E-state index contributed by atoms with van der Waals surface area (Å²) in [6, 6.07) is 10.7. The van der Waals surface area contributed by atoms with Gasteiger partial charge >= 0.3 is 0 Å². The average Bonchev–Trinajstić information content (AvgIpc) is 3.02. The van der Waals surface area contributed by atoms with E-state index in [-0.39, 0.29) is 11.7 Å². The topological polar surface area (TPSA) is 85.2 Å². The molecule has 0 radical (unpaired) electrons. The van der Waals surface area contributed by atoms with Crippen LogP contribution in [-0.2, 0) is 11.8 Å². The summed E-state index contributed by atoms with van der Waals surface area (Å²) in [6.45, 7) is 3.75. The number of aryl methyl sites for hydroxylation is 3. The van der Waals surface area contributed by atoms with Gasteiger partial charge in [-0.25, -0.2) is 4.39 Å². The largest absolute Gasteiger partial charge is 0.494 e. The number of nitrogens with zero attached hydrogens (tertiary/aromatic N) is 2. The zero-order valence-corrected chi connectivity index (χ0v) is 17.7. The molecular formula is C23H23FN4O3. The summed E-state index contributed by atoms with van der Waals surface area (Å²) in [4.78, 5) is 26.0. The van der Waals surface area contributed by atoms with Crippen LogP contribution in [0.4, 0.5) is 10.2 Å². The van der Waals surface area contributed by atoms with Crippen LogP contribution in [0.1, 0.15) is 38.7 Å². The van der Waals surface area contributed by atoms with Gasteiger partial charge in [-0.2, -0.15) is 5.10 Å². The molecule has 0 spiro atoms.